The Morgan fingerprint density at radius 1 is 1.44 bits per heavy atom. The molecule has 1 heterocycles. The summed E-state index contributed by atoms with van der Waals surface area (Å²) in [5.74, 6) is -0.303. The van der Waals surface area contributed by atoms with E-state index in [0.29, 0.717) is 5.56 Å². The minimum Gasteiger partial charge on any atom is -0.465 e. The average molecular weight is 221 g/mol. The molecule has 0 aliphatic carbocycles. The van der Waals surface area contributed by atoms with Crippen molar-refractivity contribution in [3.8, 4) is 0 Å². The van der Waals surface area contributed by atoms with Gasteiger partial charge in [0.2, 0.25) is 0 Å². The molecule has 0 spiro atoms. The lowest BCUT2D eigenvalue weighted by atomic mass is 9.98. The maximum absolute atomic E-state index is 11.5. The fourth-order valence-corrected chi connectivity index (χ4v) is 1.81. The highest BCUT2D eigenvalue weighted by atomic mass is 16.5. The molecule has 0 amide bonds. The number of rotatable bonds is 4. The van der Waals surface area contributed by atoms with Gasteiger partial charge in [0.05, 0.1) is 12.7 Å². The van der Waals surface area contributed by atoms with Crippen molar-refractivity contribution >= 4 is 5.97 Å². The van der Waals surface area contributed by atoms with E-state index in [4.69, 9.17) is 4.74 Å². The van der Waals surface area contributed by atoms with Crippen molar-refractivity contribution in [3.05, 3.63) is 28.6 Å². The highest BCUT2D eigenvalue weighted by Gasteiger charge is 2.14. The summed E-state index contributed by atoms with van der Waals surface area (Å²) in [6.07, 6.45) is 4.84. The van der Waals surface area contributed by atoms with Gasteiger partial charge in [-0.2, -0.15) is 0 Å². The number of esters is 1. The van der Waals surface area contributed by atoms with E-state index in [9.17, 15) is 4.79 Å². The van der Waals surface area contributed by atoms with Crippen molar-refractivity contribution in [2.75, 3.05) is 7.11 Å². The predicted octanol–water partition coefficient (Wildman–Crippen LogP) is 2.83. The summed E-state index contributed by atoms with van der Waals surface area (Å²) < 4.78 is 4.74. The number of nitrogens with zero attached hydrogens (tertiary/aromatic N) is 1. The number of methoxy groups -OCH3 is 1. The van der Waals surface area contributed by atoms with E-state index in [0.717, 1.165) is 30.5 Å². The molecule has 0 saturated heterocycles. The Bertz CT molecular complexity index is 386. The zero-order valence-electron chi connectivity index (χ0n) is 10.5. The molecule has 3 heteroatoms. The Labute approximate surface area is 96.8 Å². The lowest BCUT2D eigenvalue weighted by molar-refractivity contribution is 0.0599. The van der Waals surface area contributed by atoms with Crippen LogP contribution >= 0.6 is 0 Å². The van der Waals surface area contributed by atoms with Crippen LogP contribution < -0.4 is 0 Å². The number of unbranched alkanes of at least 4 members (excludes halogenated alkanes) is 1. The maximum Gasteiger partial charge on any atom is 0.339 e. The highest BCUT2D eigenvalue weighted by Crippen LogP contribution is 2.18. The second-order valence-electron chi connectivity index (χ2n) is 3.96. The molecule has 0 bridgehead atoms. The van der Waals surface area contributed by atoms with Crippen molar-refractivity contribution in [2.45, 2.75) is 40.0 Å². The number of hydrogen-bond donors (Lipinski definition) is 0. The van der Waals surface area contributed by atoms with Crippen LogP contribution in [-0.4, -0.2) is 18.1 Å². The number of hydrogen-bond acceptors (Lipinski definition) is 3. The van der Waals surface area contributed by atoms with Gasteiger partial charge >= 0.3 is 5.97 Å². The summed E-state index contributed by atoms with van der Waals surface area (Å²) in [5, 5.41) is 0. The third-order valence-electron chi connectivity index (χ3n) is 2.87. The monoisotopic (exact) mass is 221 g/mol. The number of aromatic nitrogens is 1. The van der Waals surface area contributed by atoms with Crippen molar-refractivity contribution in [2.24, 2.45) is 0 Å². The maximum atomic E-state index is 11.5. The molecule has 1 aromatic rings. The molecule has 1 aromatic heterocycles. The minimum absolute atomic E-state index is 0.303. The van der Waals surface area contributed by atoms with Gasteiger partial charge in [-0.3, -0.25) is 4.98 Å². The van der Waals surface area contributed by atoms with Crippen molar-refractivity contribution in [1.29, 1.82) is 0 Å². The van der Waals surface area contributed by atoms with E-state index in [-0.39, 0.29) is 5.97 Å². The Balaban J connectivity index is 3.11. The number of ether oxygens (including phenoxy) is 1. The van der Waals surface area contributed by atoms with E-state index >= 15 is 0 Å². The van der Waals surface area contributed by atoms with Gasteiger partial charge in [0.1, 0.15) is 0 Å². The highest BCUT2D eigenvalue weighted by molar-refractivity contribution is 5.91. The number of carbonyl (C=O) groups excluding carboxylic acids is 1. The Morgan fingerprint density at radius 2 is 2.12 bits per heavy atom. The van der Waals surface area contributed by atoms with Gasteiger partial charge in [0.15, 0.2) is 0 Å². The normalized spacial score (nSPS) is 10.2. The largest absolute Gasteiger partial charge is 0.465 e. The van der Waals surface area contributed by atoms with Crippen LogP contribution in [0.2, 0.25) is 0 Å². The molecule has 16 heavy (non-hydrogen) atoms. The molecular formula is C13H19NO2. The van der Waals surface area contributed by atoms with Crippen LogP contribution in [0.4, 0.5) is 0 Å². The molecule has 0 aromatic carbocycles. The molecule has 0 fully saturated rings. The second kappa shape index (κ2) is 5.64. The molecule has 3 nitrogen and oxygen atoms in total. The summed E-state index contributed by atoms with van der Waals surface area (Å²) in [7, 11) is 1.40. The molecule has 0 N–H and O–H groups in total. The topological polar surface area (TPSA) is 39.2 Å². The van der Waals surface area contributed by atoms with Crippen molar-refractivity contribution < 1.29 is 9.53 Å². The Kier molecular flexibility index (Phi) is 4.47. The predicted molar refractivity (Wildman–Crippen MR) is 63.7 cm³/mol. The Hall–Kier alpha value is -1.38. The number of aryl methyl sites for hydroxylation is 1. The van der Waals surface area contributed by atoms with Gasteiger partial charge in [-0.25, -0.2) is 4.79 Å². The minimum atomic E-state index is -0.303. The lowest BCUT2D eigenvalue weighted by Crippen LogP contribution is -2.08. The van der Waals surface area contributed by atoms with Gasteiger partial charge < -0.3 is 4.74 Å². The first-order valence-electron chi connectivity index (χ1n) is 5.65. The smallest absolute Gasteiger partial charge is 0.339 e. The standard InChI is InChI=1S/C13H19NO2/c1-5-6-7-11-9(2)12(13(15)16-4)8-14-10(11)3/h8H,5-7H2,1-4H3. The molecule has 88 valence electrons. The van der Waals surface area contributed by atoms with Gasteiger partial charge in [-0.05, 0) is 37.8 Å². The van der Waals surface area contributed by atoms with Crippen LogP contribution in [0.25, 0.3) is 0 Å². The second-order valence-corrected chi connectivity index (χ2v) is 3.96. The van der Waals surface area contributed by atoms with Crippen molar-refractivity contribution in [3.63, 3.8) is 0 Å². The quantitative estimate of drug-likeness (QED) is 0.734. The van der Waals surface area contributed by atoms with Crippen LogP contribution in [0.5, 0.6) is 0 Å². The summed E-state index contributed by atoms with van der Waals surface area (Å²) in [4.78, 5) is 15.8. The fourth-order valence-electron chi connectivity index (χ4n) is 1.81. The van der Waals surface area contributed by atoms with Crippen LogP contribution in [0.1, 0.15) is 46.9 Å². The third-order valence-corrected chi connectivity index (χ3v) is 2.87. The summed E-state index contributed by atoms with van der Waals surface area (Å²) in [6, 6.07) is 0. The SMILES string of the molecule is CCCCc1c(C)ncc(C(=O)OC)c1C. The van der Waals surface area contributed by atoms with E-state index in [1.165, 1.54) is 12.7 Å². The molecule has 0 saturated carbocycles. The summed E-state index contributed by atoms with van der Waals surface area (Å²) in [6.45, 7) is 6.10. The van der Waals surface area contributed by atoms with E-state index in [1.54, 1.807) is 6.20 Å². The van der Waals surface area contributed by atoms with Crippen molar-refractivity contribution in [1.82, 2.24) is 4.98 Å². The average Bonchev–Trinajstić information content (AvgIpc) is 2.28. The zero-order chi connectivity index (χ0) is 12.1. The van der Waals surface area contributed by atoms with Gasteiger partial charge in [0.25, 0.3) is 0 Å². The van der Waals surface area contributed by atoms with Crippen LogP contribution in [-0.2, 0) is 11.2 Å². The lowest BCUT2D eigenvalue weighted by Gasteiger charge is -2.11. The summed E-state index contributed by atoms with van der Waals surface area (Å²) in [5.41, 5.74) is 3.79. The fraction of sp³-hybridized carbons (Fsp3) is 0.538. The molecule has 0 aliphatic heterocycles. The van der Waals surface area contributed by atoms with Crippen LogP contribution in [0.15, 0.2) is 6.20 Å². The number of carbonyl (C=O) groups is 1. The first-order chi connectivity index (χ1) is 7.61. The summed E-state index contributed by atoms with van der Waals surface area (Å²) >= 11 is 0. The molecule has 0 atom stereocenters. The molecular weight excluding hydrogens is 202 g/mol. The van der Waals surface area contributed by atoms with Crippen LogP contribution in [0.3, 0.4) is 0 Å². The third kappa shape index (κ3) is 2.60. The molecule has 0 unspecified atom stereocenters. The van der Waals surface area contributed by atoms with Crippen LogP contribution in [0, 0.1) is 13.8 Å². The first kappa shape index (κ1) is 12.7. The molecule has 0 aliphatic rings. The van der Waals surface area contributed by atoms with E-state index in [2.05, 4.69) is 11.9 Å². The van der Waals surface area contributed by atoms with E-state index < -0.39 is 0 Å². The number of pyridine rings is 1. The molecule has 0 radical (unpaired) electrons. The van der Waals surface area contributed by atoms with E-state index in [1.807, 2.05) is 13.8 Å². The zero-order valence-corrected chi connectivity index (χ0v) is 10.5. The van der Waals surface area contributed by atoms with Gasteiger partial charge in [-0.15, -0.1) is 0 Å². The van der Waals surface area contributed by atoms with Gasteiger partial charge in [-0.1, -0.05) is 13.3 Å². The first-order valence-corrected chi connectivity index (χ1v) is 5.65. The molecule has 1 rings (SSSR count). The Morgan fingerprint density at radius 3 is 2.69 bits per heavy atom. The van der Waals surface area contributed by atoms with Gasteiger partial charge in [0, 0.05) is 11.9 Å².